The summed E-state index contributed by atoms with van der Waals surface area (Å²) >= 11 is 0. The molecule has 0 unspecified atom stereocenters. The van der Waals surface area contributed by atoms with Crippen LogP contribution in [0.1, 0.15) is 24.0 Å². The number of aromatic hydroxyl groups is 1. The number of aliphatic hydroxyl groups is 1. The van der Waals surface area contributed by atoms with E-state index in [0.717, 1.165) is 0 Å². The van der Waals surface area contributed by atoms with Gasteiger partial charge in [0.1, 0.15) is 29.9 Å². The quantitative estimate of drug-likeness (QED) is 0.0812. The predicted octanol–water partition coefficient (Wildman–Crippen LogP) is -2.71. The van der Waals surface area contributed by atoms with Crippen molar-refractivity contribution in [1.82, 2.24) is 26.6 Å². The summed E-state index contributed by atoms with van der Waals surface area (Å²) in [5, 5.41) is 32.1. The van der Waals surface area contributed by atoms with Crippen LogP contribution in [0.4, 0.5) is 0 Å². The zero-order valence-electron chi connectivity index (χ0n) is 24.0. The van der Waals surface area contributed by atoms with E-state index in [-0.39, 0.29) is 43.9 Å². The molecule has 4 atom stereocenters. The van der Waals surface area contributed by atoms with Gasteiger partial charge in [0.2, 0.25) is 29.5 Å². The molecule has 0 saturated carbocycles. The average molecular weight is 611 g/mol. The number of benzene rings is 2. The van der Waals surface area contributed by atoms with Gasteiger partial charge in [-0.05, 0) is 36.1 Å². The van der Waals surface area contributed by atoms with Crippen molar-refractivity contribution in [2.45, 2.75) is 49.9 Å². The van der Waals surface area contributed by atoms with Gasteiger partial charge in [-0.3, -0.25) is 29.0 Å². The number of hydrogen-bond donors (Lipinski definition) is 9. The van der Waals surface area contributed by atoms with Crippen molar-refractivity contribution in [3.63, 3.8) is 0 Å². The number of carbonyl (C=O) groups is 5. The van der Waals surface area contributed by atoms with E-state index in [2.05, 4.69) is 31.6 Å². The maximum absolute atomic E-state index is 13.6. The van der Waals surface area contributed by atoms with Gasteiger partial charge < -0.3 is 48.3 Å². The SMILES string of the molecule is NC(N)=NCCC[C@@H]1NC(=O)[C@@H](Cc2ccc(O)cc2)NC(=O)CNC(=O)[C@H](CO)NC(=O)[C@H](Cc2ccccc2)NC1=O. The third-order valence-corrected chi connectivity index (χ3v) is 6.76. The Kier molecular flexibility index (Phi) is 12.5. The summed E-state index contributed by atoms with van der Waals surface area (Å²) in [6.45, 7) is -1.17. The van der Waals surface area contributed by atoms with Crippen molar-refractivity contribution in [2.75, 3.05) is 19.7 Å². The number of hydrogen-bond acceptors (Lipinski definition) is 8. The Morgan fingerprint density at radius 2 is 1.27 bits per heavy atom. The first-order valence-electron chi connectivity index (χ1n) is 14.0. The summed E-state index contributed by atoms with van der Waals surface area (Å²) in [6, 6.07) is 9.85. The highest BCUT2D eigenvalue weighted by Gasteiger charge is 2.32. The second-order valence-electron chi connectivity index (χ2n) is 10.2. The third-order valence-electron chi connectivity index (χ3n) is 6.76. The summed E-state index contributed by atoms with van der Waals surface area (Å²) in [6.07, 6.45) is 0.388. The first-order valence-corrected chi connectivity index (χ1v) is 14.0. The number of amides is 5. The molecule has 1 aliphatic rings. The first kappa shape index (κ1) is 33.3. The standard InChI is InChI=1S/C29H38N8O7/c30-29(31)32-12-4-7-20-26(42)36-22(13-17-5-2-1-3-6-17)28(44)37-23(16-38)25(41)33-15-24(40)34-21(27(43)35-20)14-18-8-10-19(39)11-9-18/h1-3,5-6,8-11,20-23,38-39H,4,7,12-16H2,(H,33,41)(H,34,40)(H,35,43)(H,36,42)(H,37,44)(H4,30,31,32)/t20-,21+,22-,23-/m0/s1. The van der Waals surface area contributed by atoms with Crippen LogP contribution in [0.5, 0.6) is 5.75 Å². The molecule has 1 fully saturated rings. The van der Waals surface area contributed by atoms with Crippen molar-refractivity contribution in [3.05, 3.63) is 65.7 Å². The van der Waals surface area contributed by atoms with Gasteiger partial charge in [-0.15, -0.1) is 0 Å². The van der Waals surface area contributed by atoms with Gasteiger partial charge in [0.25, 0.3) is 0 Å². The maximum Gasteiger partial charge on any atom is 0.245 e. The van der Waals surface area contributed by atoms with Gasteiger partial charge in [0.05, 0.1) is 13.2 Å². The number of phenolic OH excluding ortho intramolecular Hbond substituents is 1. The molecule has 236 valence electrons. The van der Waals surface area contributed by atoms with E-state index >= 15 is 0 Å². The molecule has 0 aliphatic carbocycles. The number of aliphatic hydroxyl groups excluding tert-OH is 1. The van der Waals surface area contributed by atoms with E-state index in [9.17, 15) is 34.2 Å². The summed E-state index contributed by atoms with van der Waals surface area (Å²) in [5.41, 5.74) is 12.1. The van der Waals surface area contributed by atoms with E-state index in [1.54, 1.807) is 42.5 Å². The topological polar surface area (TPSA) is 250 Å². The number of carbonyl (C=O) groups excluding carboxylic acids is 5. The first-order chi connectivity index (χ1) is 21.0. The van der Waals surface area contributed by atoms with Crippen LogP contribution in [-0.2, 0) is 36.8 Å². The van der Waals surface area contributed by atoms with Gasteiger partial charge >= 0.3 is 0 Å². The smallest absolute Gasteiger partial charge is 0.245 e. The normalized spacial score (nSPS) is 21.8. The Hall–Kier alpha value is -5.18. The third kappa shape index (κ3) is 10.6. The van der Waals surface area contributed by atoms with Crippen molar-refractivity contribution in [1.29, 1.82) is 0 Å². The van der Waals surface area contributed by atoms with Crippen LogP contribution in [0.3, 0.4) is 0 Å². The molecule has 0 radical (unpaired) electrons. The number of guanidine groups is 1. The summed E-state index contributed by atoms with van der Waals surface area (Å²) in [7, 11) is 0. The van der Waals surface area contributed by atoms with E-state index < -0.39 is 66.9 Å². The molecular formula is C29H38N8O7. The van der Waals surface area contributed by atoms with Gasteiger partial charge in [0.15, 0.2) is 5.96 Å². The molecule has 5 amide bonds. The van der Waals surface area contributed by atoms with E-state index in [0.29, 0.717) is 11.1 Å². The molecule has 2 aromatic rings. The van der Waals surface area contributed by atoms with Crippen molar-refractivity contribution in [2.24, 2.45) is 16.5 Å². The van der Waals surface area contributed by atoms with Gasteiger partial charge in [-0.25, -0.2) is 0 Å². The van der Waals surface area contributed by atoms with Crippen LogP contribution in [0.15, 0.2) is 59.6 Å². The Balaban J connectivity index is 1.95. The molecule has 3 rings (SSSR count). The minimum absolute atomic E-state index is 0.00984. The van der Waals surface area contributed by atoms with Crippen LogP contribution >= 0.6 is 0 Å². The number of nitrogens with zero attached hydrogens (tertiary/aromatic N) is 1. The molecular weight excluding hydrogens is 572 g/mol. The summed E-state index contributed by atoms with van der Waals surface area (Å²) in [4.78, 5) is 69.9. The largest absolute Gasteiger partial charge is 0.508 e. The number of nitrogens with one attached hydrogen (secondary N) is 5. The van der Waals surface area contributed by atoms with E-state index in [1.807, 2.05) is 0 Å². The zero-order valence-corrected chi connectivity index (χ0v) is 24.0. The minimum Gasteiger partial charge on any atom is -0.508 e. The van der Waals surface area contributed by atoms with Crippen molar-refractivity contribution in [3.8, 4) is 5.75 Å². The molecule has 11 N–H and O–H groups in total. The molecule has 0 aromatic heterocycles. The fourth-order valence-corrected chi connectivity index (χ4v) is 4.46. The Labute approximate surface area is 253 Å². The lowest BCUT2D eigenvalue weighted by atomic mass is 10.0. The fourth-order valence-electron chi connectivity index (χ4n) is 4.46. The van der Waals surface area contributed by atoms with E-state index in [1.165, 1.54) is 12.1 Å². The molecule has 1 aliphatic heterocycles. The fraction of sp³-hybridized carbons (Fsp3) is 0.379. The summed E-state index contributed by atoms with van der Waals surface area (Å²) in [5.74, 6) is -3.86. The molecule has 0 bridgehead atoms. The molecule has 0 spiro atoms. The Bertz CT molecular complexity index is 1330. The van der Waals surface area contributed by atoms with Crippen LogP contribution in [-0.4, -0.2) is 89.6 Å². The molecule has 15 heteroatoms. The van der Waals surface area contributed by atoms with E-state index in [4.69, 9.17) is 11.5 Å². The second kappa shape index (κ2) is 16.5. The Morgan fingerprint density at radius 1 is 0.727 bits per heavy atom. The van der Waals surface area contributed by atoms with Gasteiger partial charge in [-0.1, -0.05) is 42.5 Å². The van der Waals surface area contributed by atoms with Crippen molar-refractivity contribution >= 4 is 35.5 Å². The maximum atomic E-state index is 13.6. The molecule has 44 heavy (non-hydrogen) atoms. The number of aliphatic imine (C=N–C) groups is 1. The van der Waals surface area contributed by atoms with Crippen LogP contribution in [0.2, 0.25) is 0 Å². The molecule has 15 nitrogen and oxygen atoms in total. The summed E-state index contributed by atoms with van der Waals surface area (Å²) < 4.78 is 0. The number of rotatable bonds is 9. The highest BCUT2D eigenvalue weighted by atomic mass is 16.3. The zero-order chi connectivity index (χ0) is 32.1. The number of nitrogens with two attached hydrogens (primary N) is 2. The van der Waals surface area contributed by atoms with Crippen molar-refractivity contribution < 1.29 is 34.2 Å². The molecule has 2 aromatic carbocycles. The van der Waals surface area contributed by atoms with Crippen LogP contribution < -0.4 is 38.1 Å². The Morgan fingerprint density at radius 3 is 1.89 bits per heavy atom. The lowest BCUT2D eigenvalue weighted by Crippen LogP contribution is -2.58. The monoisotopic (exact) mass is 610 g/mol. The lowest BCUT2D eigenvalue weighted by Gasteiger charge is -2.26. The highest BCUT2D eigenvalue weighted by Crippen LogP contribution is 2.12. The number of phenols is 1. The predicted molar refractivity (Wildman–Crippen MR) is 160 cm³/mol. The highest BCUT2D eigenvalue weighted by molar-refractivity contribution is 5.97. The molecule has 1 saturated heterocycles. The van der Waals surface area contributed by atoms with Gasteiger partial charge in [0, 0.05) is 19.4 Å². The molecule has 1 heterocycles. The minimum atomic E-state index is -1.42. The second-order valence-corrected chi connectivity index (χ2v) is 10.2. The van der Waals surface area contributed by atoms with Crippen LogP contribution in [0, 0.1) is 0 Å². The lowest BCUT2D eigenvalue weighted by molar-refractivity contribution is -0.134. The van der Waals surface area contributed by atoms with Crippen LogP contribution in [0.25, 0.3) is 0 Å². The average Bonchev–Trinajstić information content (AvgIpc) is 3.00. The van der Waals surface area contributed by atoms with Gasteiger partial charge in [-0.2, -0.15) is 0 Å².